The van der Waals surface area contributed by atoms with Crippen molar-refractivity contribution in [2.45, 2.75) is 38.1 Å². The van der Waals surface area contributed by atoms with Crippen molar-refractivity contribution in [1.82, 2.24) is 9.62 Å². The summed E-state index contributed by atoms with van der Waals surface area (Å²) < 4.78 is 26.6. The lowest BCUT2D eigenvalue weighted by atomic mass is 10.2. The molecule has 0 heterocycles. The first-order valence-corrected chi connectivity index (χ1v) is 8.73. The topological polar surface area (TPSA) is 49.4 Å². The van der Waals surface area contributed by atoms with Crippen LogP contribution in [0.2, 0.25) is 0 Å². The lowest BCUT2D eigenvalue weighted by Crippen LogP contribution is -2.32. The maximum absolute atomic E-state index is 12.6. The molecule has 1 aromatic rings. The highest BCUT2D eigenvalue weighted by atomic mass is 32.2. The van der Waals surface area contributed by atoms with Crippen LogP contribution < -0.4 is 5.32 Å². The second-order valence-corrected chi connectivity index (χ2v) is 6.80. The standard InChI is InChI=1S/C16H24N2O2S/c1-4-10-17-14-15-8-7-9-16(13-15)21(19,20)18(11-5-2)12-6-3/h2,7-9,13,17H,4,6,10-12,14H2,1,3H3. The average molecular weight is 308 g/mol. The van der Waals surface area contributed by atoms with Crippen molar-refractivity contribution in [3.8, 4) is 12.3 Å². The van der Waals surface area contributed by atoms with Crippen molar-refractivity contribution in [1.29, 1.82) is 0 Å². The Bertz CT molecular complexity index is 576. The number of hydrogen-bond donors (Lipinski definition) is 1. The van der Waals surface area contributed by atoms with Crippen molar-refractivity contribution in [3.05, 3.63) is 29.8 Å². The molecule has 0 bridgehead atoms. The van der Waals surface area contributed by atoms with Gasteiger partial charge in [-0.1, -0.05) is 31.9 Å². The molecule has 21 heavy (non-hydrogen) atoms. The highest BCUT2D eigenvalue weighted by molar-refractivity contribution is 7.89. The molecule has 0 aliphatic heterocycles. The Kier molecular flexibility index (Phi) is 7.44. The molecule has 0 unspecified atom stereocenters. The normalized spacial score (nSPS) is 11.5. The summed E-state index contributed by atoms with van der Waals surface area (Å²) in [6, 6.07) is 7.04. The fraction of sp³-hybridized carbons (Fsp3) is 0.500. The maximum atomic E-state index is 12.6. The van der Waals surface area contributed by atoms with Gasteiger partial charge >= 0.3 is 0 Å². The van der Waals surface area contributed by atoms with Crippen molar-refractivity contribution >= 4 is 10.0 Å². The lowest BCUT2D eigenvalue weighted by Gasteiger charge is -2.19. The Morgan fingerprint density at radius 1 is 1.29 bits per heavy atom. The fourth-order valence-corrected chi connectivity index (χ4v) is 3.53. The Labute approximate surface area is 128 Å². The van der Waals surface area contributed by atoms with E-state index in [0.717, 1.165) is 24.9 Å². The van der Waals surface area contributed by atoms with Crippen LogP contribution in [0.25, 0.3) is 0 Å². The molecule has 1 N–H and O–H groups in total. The van der Waals surface area contributed by atoms with Crippen LogP contribution in [0, 0.1) is 12.3 Å². The average Bonchev–Trinajstić information content (AvgIpc) is 2.47. The molecule has 0 fully saturated rings. The zero-order valence-corrected chi connectivity index (χ0v) is 13.6. The van der Waals surface area contributed by atoms with Crippen LogP contribution in [0.3, 0.4) is 0 Å². The molecule has 0 aliphatic rings. The van der Waals surface area contributed by atoms with E-state index in [0.29, 0.717) is 18.0 Å². The molecule has 4 nitrogen and oxygen atoms in total. The first kappa shape index (κ1) is 17.7. The van der Waals surface area contributed by atoms with E-state index in [1.54, 1.807) is 18.2 Å². The molecule has 1 aromatic carbocycles. The monoisotopic (exact) mass is 308 g/mol. The Balaban J connectivity index is 2.96. The summed E-state index contributed by atoms with van der Waals surface area (Å²) in [6.45, 7) is 6.15. The zero-order valence-electron chi connectivity index (χ0n) is 12.8. The molecule has 116 valence electrons. The molecule has 0 amide bonds. The number of terminal acetylenes is 1. The van der Waals surface area contributed by atoms with E-state index in [4.69, 9.17) is 6.42 Å². The van der Waals surface area contributed by atoms with Gasteiger partial charge < -0.3 is 5.32 Å². The minimum atomic E-state index is -3.52. The van der Waals surface area contributed by atoms with Gasteiger partial charge in [-0.25, -0.2) is 8.42 Å². The van der Waals surface area contributed by atoms with E-state index in [2.05, 4.69) is 18.2 Å². The second kappa shape index (κ2) is 8.83. The fourth-order valence-electron chi connectivity index (χ4n) is 2.01. The Hall–Kier alpha value is -1.35. The van der Waals surface area contributed by atoms with Crippen LogP contribution in [0.4, 0.5) is 0 Å². The van der Waals surface area contributed by atoms with Gasteiger partial charge in [0.1, 0.15) is 0 Å². The Morgan fingerprint density at radius 3 is 2.67 bits per heavy atom. The predicted molar refractivity (Wildman–Crippen MR) is 86.3 cm³/mol. The first-order valence-electron chi connectivity index (χ1n) is 7.29. The van der Waals surface area contributed by atoms with E-state index in [9.17, 15) is 8.42 Å². The lowest BCUT2D eigenvalue weighted by molar-refractivity contribution is 0.445. The number of nitrogens with zero attached hydrogens (tertiary/aromatic N) is 1. The quantitative estimate of drug-likeness (QED) is 0.562. The summed E-state index contributed by atoms with van der Waals surface area (Å²) in [5, 5.41) is 3.27. The summed E-state index contributed by atoms with van der Waals surface area (Å²) in [6.07, 6.45) is 7.06. The van der Waals surface area contributed by atoms with Gasteiger partial charge in [0.05, 0.1) is 11.4 Å². The third-order valence-electron chi connectivity index (χ3n) is 3.03. The van der Waals surface area contributed by atoms with Gasteiger partial charge in [0.2, 0.25) is 10.0 Å². The van der Waals surface area contributed by atoms with Crippen LogP contribution in [0.1, 0.15) is 32.3 Å². The van der Waals surface area contributed by atoms with E-state index in [1.807, 2.05) is 13.0 Å². The molecule has 0 saturated carbocycles. The zero-order chi connectivity index (χ0) is 15.7. The molecule has 0 radical (unpaired) electrons. The number of sulfonamides is 1. The van der Waals surface area contributed by atoms with Crippen molar-refractivity contribution < 1.29 is 8.42 Å². The molecule has 0 atom stereocenters. The van der Waals surface area contributed by atoms with Crippen LogP contribution in [0.5, 0.6) is 0 Å². The molecule has 5 heteroatoms. The minimum Gasteiger partial charge on any atom is -0.313 e. The molecule has 0 aromatic heterocycles. The maximum Gasteiger partial charge on any atom is 0.243 e. The SMILES string of the molecule is C#CCN(CCC)S(=O)(=O)c1cccc(CNCCC)c1. The second-order valence-electron chi connectivity index (χ2n) is 4.87. The van der Waals surface area contributed by atoms with Crippen molar-refractivity contribution in [3.63, 3.8) is 0 Å². The highest BCUT2D eigenvalue weighted by Crippen LogP contribution is 2.17. The van der Waals surface area contributed by atoms with Crippen molar-refractivity contribution in [2.75, 3.05) is 19.6 Å². The number of benzene rings is 1. The minimum absolute atomic E-state index is 0.106. The van der Waals surface area contributed by atoms with Crippen LogP contribution in [0.15, 0.2) is 29.2 Å². The predicted octanol–water partition coefficient (Wildman–Crippen LogP) is 2.22. The first-order chi connectivity index (χ1) is 10.1. The van der Waals surface area contributed by atoms with Gasteiger partial charge in [-0.2, -0.15) is 4.31 Å². The number of nitrogens with one attached hydrogen (secondary N) is 1. The third-order valence-corrected chi connectivity index (χ3v) is 4.87. The highest BCUT2D eigenvalue weighted by Gasteiger charge is 2.23. The molecular weight excluding hydrogens is 284 g/mol. The largest absolute Gasteiger partial charge is 0.313 e. The molecule has 0 spiro atoms. The third kappa shape index (κ3) is 5.16. The van der Waals surface area contributed by atoms with Gasteiger partial charge in [0.15, 0.2) is 0 Å². The van der Waals surface area contributed by atoms with Crippen LogP contribution in [-0.2, 0) is 16.6 Å². The van der Waals surface area contributed by atoms with E-state index in [-0.39, 0.29) is 6.54 Å². The van der Waals surface area contributed by atoms with Gasteiger partial charge in [0, 0.05) is 13.1 Å². The van der Waals surface area contributed by atoms with E-state index >= 15 is 0 Å². The van der Waals surface area contributed by atoms with E-state index in [1.165, 1.54) is 4.31 Å². The summed E-state index contributed by atoms with van der Waals surface area (Å²) in [5.41, 5.74) is 0.960. The number of rotatable bonds is 9. The number of hydrogen-bond acceptors (Lipinski definition) is 3. The smallest absolute Gasteiger partial charge is 0.243 e. The van der Waals surface area contributed by atoms with Crippen LogP contribution in [-0.4, -0.2) is 32.4 Å². The summed E-state index contributed by atoms with van der Waals surface area (Å²) in [4.78, 5) is 0.307. The summed E-state index contributed by atoms with van der Waals surface area (Å²) in [7, 11) is -3.52. The molecular formula is C16H24N2O2S. The summed E-state index contributed by atoms with van der Waals surface area (Å²) >= 11 is 0. The van der Waals surface area contributed by atoms with Crippen LogP contribution >= 0.6 is 0 Å². The molecule has 1 rings (SSSR count). The van der Waals surface area contributed by atoms with Gasteiger partial charge in [-0.05, 0) is 37.1 Å². The molecule has 0 saturated heterocycles. The van der Waals surface area contributed by atoms with Crippen molar-refractivity contribution in [2.24, 2.45) is 0 Å². The van der Waals surface area contributed by atoms with Gasteiger partial charge in [0.25, 0.3) is 0 Å². The van der Waals surface area contributed by atoms with E-state index < -0.39 is 10.0 Å². The molecule has 0 aliphatic carbocycles. The summed E-state index contributed by atoms with van der Waals surface area (Å²) in [5.74, 6) is 2.42. The van der Waals surface area contributed by atoms with Gasteiger partial charge in [-0.15, -0.1) is 6.42 Å². The Morgan fingerprint density at radius 2 is 2.05 bits per heavy atom. The van der Waals surface area contributed by atoms with Gasteiger partial charge in [-0.3, -0.25) is 0 Å².